The van der Waals surface area contributed by atoms with E-state index in [1.54, 1.807) is 36.4 Å². The van der Waals surface area contributed by atoms with Gasteiger partial charge in [0.25, 0.3) is 5.91 Å². The molecule has 4 aromatic rings. The molecule has 1 aliphatic rings. The SMILES string of the molecule is [C-]#[N+]c1cc(C(C)C)c2oc(-c3ccc(C(=O)NCC4CCN(C(=O)OCc5cc(C(F)(F)F)cc(C(F)(F)F)c5)CC4)cc3)nc2c1. The first-order valence-corrected chi connectivity index (χ1v) is 15.0. The van der Waals surface area contributed by atoms with E-state index in [1.165, 1.54) is 4.90 Å². The highest BCUT2D eigenvalue weighted by atomic mass is 19.4. The van der Waals surface area contributed by atoms with Gasteiger partial charge in [0.2, 0.25) is 5.89 Å². The van der Waals surface area contributed by atoms with E-state index >= 15 is 0 Å². The maximum Gasteiger partial charge on any atom is 0.416 e. The second-order valence-electron chi connectivity index (χ2n) is 11.9. The van der Waals surface area contributed by atoms with Crippen molar-refractivity contribution in [2.45, 2.75) is 51.6 Å². The number of likely N-dealkylation sites (tertiary alicyclic amines) is 1. The number of fused-ring (bicyclic) bond motifs is 1. The van der Waals surface area contributed by atoms with Crippen LogP contribution >= 0.6 is 0 Å². The van der Waals surface area contributed by atoms with Crippen molar-refractivity contribution in [1.29, 1.82) is 0 Å². The van der Waals surface area contributed by atoms with Crippen LogP contribution in [0.3, 0.4) is 0 Å². The zero-order valence-corrected chi connectivity index (χ0v) is 25.8. The Hall–Kier alpha value is -5.06. The number of benzene rings is 3. The highest BCUT2D eigenvalue weighted by Crippen LogP contribution is 2.37. The fraction of sp³-hybridized carbons (Fsp3) is 0.353. The lowest BCUT2D eigenvalue weighted by Gasteiger charge is -2.31. The molecule has 3 aromatic carbocycles. The van der Waals surface area contributed by atoms with Gasteiger partial charge in [0.1, 0.15) is 6.61 Å². The van der Waals surface area contributed by atoms with Crippen molar-refractivity contribution in [3.8, 4) is 11.5 Å². The number of hydrogen-bond donors (Lipinski definition) is 1. The van der Waals surface area contributed by atoms with Gasteiger partial charge in [-0.1, -0.05) is 13.8 Å². The summed E-state index contributed by atoms with van der Waals surface area (Å²) in [7, 11) is 0. The molecule has 48 heavy (non-hydrogen) atoms. The number of oxazole rings is 1. The van der Waals surface area contributed by atoms with E-state index < -0.39 is 41.7 Å². The Labute approximate surface area is 271 Å². The van der Waals surface area contributed by atoms with E-state index in [0.29, 0.717) is 65.3 Å². The van der Waals surface area contributed by atoms with Gasteiger partial charge in [-0.25, -0.2) is 14.6 Å². The molecule has 1 fully saturated rings. The molecule has 0 spiro atoms. The Bertz CT molecular complexity index is 1820. The maximum atomic E-state index is 13.1. The van der Waals surface area contributed by atoms with Crippen LogP contribution in [-0.2, 0) is 23.7 Å². The summed E-state index contributed by atoms with van der Waals surface area (Å²) in [4.78, 5) is 34.7. The zero-order chi connectivity index (χ0) is 34.8. The van der Waals surface area contributed by atoms with Crippen molar-refractivity contribution < 1.29 is 45.1 Å². The molecule has 0 unspecified atom stereocenters. The zero-order valence-electron chi connectivity index (χ0n) is 25.8. The molecule has 0 saturated carbocycles. The summed E-state index contributed by atoms with van der Waals surface area (Å²) in [5.74, 6) is 0.222. The molecule has 0 aliphatic carbocycles. The van der Waals surface area contributed by atoms with E-state index in [1.807, 2.05) is 13.8 Å². The van der Waals surface area contributed by atoms with E-state index in [9.17, 15) is 35.9 Å². The molecule has 1 N–H and O–H groups in total. The Balaban J connectivity index is 1.12. The maximum absolute atomic E-state index is 13.1. The third-order valence-electron chi connectivity index (χ3n) is 8.08. The summed E-state index contributed by atoms with van der Waals surface area (Å²) in [6.07, 6.45) is -9.85. The number of aromatic nitrogens is 1. The quantitative estimate of drug-likeness (QED) is 0.156. The number of hydrogen-bond acceptors (Lipinski definition) is 5. The number of carbonyl (C=O) groups is 2. The van der Waals surface area contributed by atoms with Crippen molar-refractivity contribution in [3.63, 3.8) is 0 Å². The Morgan fingerprint density at radius 3 is 2.19 bits per heavy atom. The summed E-state index contributed by atoms with van der Waals surface area (Å²) in [5, 5.41) is 2.88. The van der Waals surface area contributed by atoms with Gasteiger partial charge in [0, 0.05) is 30.8 Å². The fourth-order valence-electron chi connectivity index (χ4n) is 5.42. The van der Waals surface area contributed by atoms with Gasteiger partial charge in [-0.2, -0.15) is 26.3 Å². The summed E-state index contributed by atoms with van der Waals surface area (Å²) >= 11 is 0. The van der Waals surface area contributed by atoms with Crippen molar-refractivity contribution in [1.82, 2.24) is 15.2 Å². The molecule has 14 heteroatoms. The van der Waals surface area contributed by atoms with Crippen LogP contribution < -0.4 is 5.32 Å². The van der Waals surface area contributed by atoms with Gasteiger partial charge < -0.3 is 19.4 Å². The van der Waals surface area contributed by atoms with E-state index in [-0.39, 0.29) is 36.9 Å². The predicted molar refractivity (Wildman–Crippen MR) is 163 cm³/mol. The highest BCUT2D eigenvalue weighted by Gasteiger charge is 2.37. The predicted octanol–water partition coefficient (Wildman–Crippen LogP) is 8.99. The largest absolute Gasteiger partial charge is 0.445 e. The molecule has 0 bridgehead atoms. The first-order chi connectivity index (χ1) is 22.6. The van der Waals surface area contributed by atoms with E-state index in [4.69, 9.17) is 15.7 Å². The standard InChI is InChI=1S/C34H30F6N4O4/c1-19(2)27-15-26(41-3)16-28-29(27)48-31(43-28)23-6-4-22(5-7-23)30(45)42-17-20-8-10-44(11-9-20)32(46)47-18-21-12-24(33(35,36)37)14-25(13-21)34(38,39)40/h4-7,12-16,19-20H,8-11,17-18H2,1-2H3,(H,42,45). The van der Waals surface area contributed by atoms with Gasteiger partial charge in [0.05, 0.1) is 23.2 Å². The summed E-state index contributed by atoms with van der Waals surface area (Å²) in [5.41, 5.74) is 0.234. The van der Waals surface area contributed by atoms with Crippen LogP contribution in [-0.4, -0.2) is 41.5 Å². The van der Waals surface area contributed by atoms with Gasteiger partial charge >= 0.3 is 18.4 Å². The van der Waals surface area contributed by atoms with Gasteiger partial charge in [0.15, 0.2) is 11.3 Å². The molecule has 0 radical (unpaired) electrons. The van der Waals surface area contributed by atoms with Gasteiger partial charge in [-0.05, 0) is 90.4 Å². The average molecular weight is 673 g/mol. The number of alkyl halides is 6. The fourth-order valence-corrected chi connectivity index (χ4v) is 5.42. The molecule has 1 aromatic heterocycles. The third-order valence-corrected chi connectivity index (χ3v) is 8.08. The number of piperidine rings is 1. The van der Waals surface area contributed by atoms with Gasteiger partial charge in [-0.3, -0.25) is 4.79 Å². The average Bonchev–Trinajstić information content (AvgIpc) is 3.49. The van der Waals surface area contributed by atoms with Crippen LogP contribution in [0, 0.1) is 12.5 Å². The van der Waals surface area contributed by atoms with Crippen LogP contribution in [0.2, 0.25) is 0 Å². The summed E-state index contributed by atoms with van der Waals surface area (Å²) in [6.45, 7) is 11.4. The summed E-state index contributed by atoms with van der Waals surface area (Å²) in [6, 6.07) is 11.3. The number of halogens is 6. The van der Waals surface area contributed by atoms with Crippen LogP contribution in [0.4, 0.5) is 36.8 Å². The molecule has 0 atom stereocenters. The van der Waals surface area contributed by atoms with Crippen molar-refractivity contribution in [2.24, 2.45) is 5.92 Å². The lowest BCUT2D eigenvalue weighted by molar-refractivity contribution is -0.143. The lowest BCUT2D eigenvalue weighted by Crippen LogP contribution is -2.41. The number of nitrogens with one attached hydrogen (secondary N) is 1. The van der Waals surface area contributed by atoms with Crippen molar-refractivity contribution in [3.05, 3.63) is 93.8 Å². The molecule has 2 heterocycles. The minimum Gasteiger partial charge on any atom is -0.445 e. The molecular weight excluding hydrogens is 642 g/mol. The topological polar surface area (TPSA) is 89.0 Å². The second kappa shape index (κ2) is 13.6. The number of amides is 2. The Morgan fingerprint density at radius 1 is 1.00 bits per heavy atom. The normalized spacial score (nSPS) is 14.3. The molecule has 1 saturated heterocycles. The van der Waals surface area contributed by atoms with Crippen LogP contribution in [0.15, 0.2) is 59.0 Å². The molecule has 8 nitrogen and oxygen atoms in total. The Morgan fingerprint density at radius 2 is 1.62 bits per heavy atom. The molecular formula is C34H30F6N4O4. The second-order valence-corrected chi connectivity index (χ2v) is 11.9. The molecule has 252 valence electrons. The Kier molecular flexibility index (Phi) is 9.70. The van der Waals surface area contributed by atoms with Gasteiger partial charge in [-0.15, -0.1) is 0 Å². The van der Waals surface area contributed by atoms with E-state index in [0.717, 1.165) is 5.56 Å². The number of rotatable bonds is 7. The summed E-state index contributed by atoms with van der Waals surface area (Å²) < 4.78 is 89.8. The number of nitrogens with zero attached hydrogens (tertiary/aromatic N) is 3. The van der Waals surface area contributed by atoms with E-state index in [2.05, 4.69) is 15.1 Å². The van der Waals surface area contributed by atoms with Crippen molar-refractivity contribution in [2.75, 3.05) is 19.6 Å². The molecule has 5 rings (SSSR count). The van der Waals surface area contributed by atoms with Crippen molar-refractivity contribution >= 4 is 28.8 Å². The van der Waals surface area contributed by atoms with Crippen LogP contribution in [0.25, 0.3) is 27.4 Å². The monoisotopic (exact) mass is 672 g/mol. The lowest BCUT2D eigenvalue weighted by atomic mass is 9.97. The molecule has 1 aliphatic heterocycles. The third kappa shape index (κ3) is 7.90. The smallest absolute Gasteiger partial charge is 0.416 e. The first kappa shape index (κ1) is 34.3. The minimum absolute atomic E-state index is 0.0138. The number of carbonyl (C=O) groups excluding carboxylic acids is 2. The number of ether oxygens (including phenoxy) is 1. The minimum atomic E-state index is -5.00. The van der Waals surface area contributed by atoms with Crippen LogP contribution in [0.1, 0.15) is 65.2 Å². The molecule has 2 amide bonds. The van der Waals surface area contributed by atoms with Crippen LogP contribution in [0.5, 0.6) is 0 Å². The highest BCUT2D eigenvalue weighted by molar-refractivity contribution is 5.94. The first-order valence-electron chi connectivity index (χ1n) is 15.0.